The third kappa shape index (κ3) is 4.55. The molecule has 9 heteroatoms. The third-order valence-electron chi connectivity index (χ3n) is 5.34. The summed E-state index contributed by atoms with van der Waals surface area (Å²) in [5.74, 6) is -1.98. The molecule has 0 unspecified atom stereocenters. The minimum absolute atomic E-state index is 0.0308. The predicted molar refractivity (Wildman–Crippen MR) is 120 cm³/mol. The standard InChI is InChI=1S/C24H19F3N2O3S/c25-24(26,27)23(31)19(21(30)15-8-3-1-4-9-15)20(28-22(33)29-23)16-10-7-13-18(14-16)32-17-11-5-2-6-12-17/h1-14,19-20,31H,(H2,28,29,33)/t19-,20-,23+/m1/s1. The van der Waals surface area contributed by atoms with Crippen molar-refractivity contribution < 1.29 is 27.8 Å². The predicted octanol–water partition coefficient (Wildman–Crippen LogP) is 4.75. The maximum Gasteiger partial charge on any atom is 0.437 e. The summed E-state index contributed by atoms with van der Waals surface area (Å²) in [5, 5.41) is 15.0. The Morgan fingerprint density at radius 1 is 0.939 bits per heavy atom. The summed E-state index contributed by atoms with van der Waals surface area (Å²) >= 11 is 4.97. The van der Waals surface area contributed by atoms with Crippen LogP contribution in [0.3, 0.4) is 0 Å². The summed E-state index contributed by atoms with van der Waals surface area (Å²) in [6.45, 7) is 0. The van der Waals surface area contributed by atoms with Gasteiger partial charge in [-0.05, 0) is 42.0 Å². The molecule has 0 spiro atoms. The van der Waals surface area contributed by atoms with Gasteiger partial charge in [0.25, 0.3) is 0 Å². The number of Topliss-reactive ketones (excluding diaryl/α,β-unsaturated/α-hetero) is 1. The molecular formula is C24H19F3N2O3S. The molecule has 1 saturated heterocycles. The van der Waals surface area contributed by atoms with Crippen LogP contribution in [0.25, 0.3) is 0 Å². The van der Waals surface area contributed by atoms with Crippen LogP contribution in [-0.2, 0) is 0 Å². The monoisotopic (exact) mass is 472 g/mol. The average Bonchev–Trinajstić information content (AvgIpc) is 2.79. The highest BCUT2D eigenvalue weighted by atomic mass is 32.1. The summed E-state index contributed by atoms with van der Waals surface area (Å²) < 4.78 is 48.1. The molecule has 0 aromatic heterocycles. The first-order valence-electron chi connectivity index (χ1n) is 9.99. The number of thiocarbonyl (C=S) groups is 1. The van der Waals surface area contributed by atoms with Gasteiger partial charge in [-0.3, -0.25) is 4.79 Å². The molecule has 3 aromatic rings. The highest BCUT2D eigenvalue weighted by Crippen LogP contribution is 2.44. The molecule has 170 valence electrons. The number of ether oxygens (including phenoxy) is 1. The van der Waals surface area contributed by atoms with Crippen LogP contribution in [0, 0.1) is 5.92 Å². The summed E-state index contributed by atoms with van der Waals surface area (Å²) in [5.41, 5.74) is -3.25. The van der Waals surface area contributed by atoms with Gasteiger partial charge in [-0.2, -0.15) is 13.2 Å². The van der Waals surface area contributed by atoms with E-state index in [9.17, 15) is 23.1 Å². The van der Waals surface area contributed by atoms with E-state index < -0.39 is 34.8 Å². The van der Waals surface area contributed by atoms with Crippen molar-refractivity contribution in [2.24, 2.45) is 5.92 Å². The molecule has 3 atom stereocenters. The molecule has 1 heterocycles. The van der Waals surface area contributed by atoms with Crippen LogP contribution in [0.5, 0.6) is 11.5 Å². The zero-order valence-corrected chi connectivity index (χ0v) is 17.9. The Morgan fingerprint density at radius 3 is 2.18 bits per heavy atom. The van der Waals surface area contributed by atoms with Crippen LogP contribution in [0.1, 0.15) is 22.0 Å². The Bertz CT molecular complexity index is 1160. The zero-order chi connectivity index (χ0) is 23.6. The number of carbonyl (C=O) groups is 1. The van der Waals surface area contributed by atoms with Crippen LogP contribution in [0.15, 0.2) is 84.9 Å². The second kappa shape index (κ2) is 8.84. The largest absolute Gasteiger partial charge is 0.457 e. The lowest BCUT2D eigenvalue weighted by Gasteiger charge is -2.46. The van der Waals surface area contributed by atoms with Gasteiger partial charge in [-0.1, -0.05) is 60.7 Å². The van der Waals surface area contributed by atoms with Crippen LogP contribution >= 0.6 is 12.2 Å². The number of para-hydroxylation sites is 1. The van der Waals surface area contributed by atoms with Gasteiger partial charge in [-0.15, -0.1) is 0 Å². The number of hydrogen-bond acceptors (Lipinski definition) is 4. The molecule has 3 aromatic carbocycles. The number of benzene rings is 3. The number of carbonyl (C=O) groups excluding carboxylic acids is 1. The van der Waals surface area contributed by atoms with E-state index in [0.29, 0.717) is 17.1 Å². The molecule has 3 N–H and O–H groups in total. The second-order valence-corrected chi connectivity index (χ2v) is 7.94. The van der Waals surface area contributed by atoms with Crippen LogP contribution in [0.4, 0.5) is 13.2 Å². The van der Waals surface area contributed by atoms with Gasteiger partial charge in [0.15, 0.2) is 10.9 Å². The van der Waals surface area contributed by atoms with Crippen molar-refractivity contribution in [2.45, 2.75) is 17.9 Å². The van der Waals surface area contributed by atoms with Crippen molar-refractivity contribution in [1.82, 2.24) is 10.6 Å². The lowest BCUT2D eigenvalue weighted by atomic mass is 9.77. The van der Waals surface area contributed by atoms with Crippen molar-refractivity contribution in [2.75, 3.05) is 0 Å². The van der Waals surface area contributed by atoms with Crippen molar-refractivity contribution in [1.29, 1.82) is 0 Å². The lowest BCUT2D eigenvalue weighted by Crippen LogP contribution is -2.72. The van der Waals surface area contributed by atoms with Crippen LogP contribution < -0.4 is 15.4 Å². The maximum atomic E-state index is 14.1. The summed E-state index contributed by atoms with van der Waals surface area (Å²) in [6, 6.07) is 21.4. The van der Waals surface area contributed by atoms with Crippen molar-refractivity contribution >= 4 is 23.1 Å². The fourth-order valence-corrected chi connectivity index (χ4v) is 4.08. The van der Waals surface area contributed by atoms with E-state index in [1.165, 1.54) is 30.3 Å². The minimum atomic E-state index is -5.19. The molecule has 4 rings (SSSR count). The normalized spacial score (nSPS) is 22.7. The van der Waals surface area contributed by atoms with Crippen LogP contribution in [0.2, 0.25) is 0 Å². The van der Waals surface area contributed by atoms with Gasteiger partial charge in [0.2, 0.25) is 5.72 Å². The molecule has 0 aliphatic carbocycles. The Kier molecular flexibility index (Phi) is 6.09. The third-order valence-corrected chi connectivity index (χ3v) is 5.56. The molecule has 0 bridgehead atoms. The molecule has 1 fully saturated rings. The summed E-state index contributed by atoms with van der Waals surface area (Å²) in [7, 11) is 0. The number of rotatable bonds is 5. The van der Waals surface area contributed by atoms with E-state index in [4.69, 9.17) is 17.0 Å². The maximum absolute atomic E-state index is 14.1. The Morgan fingerprint density at radius 2 is 1.55 bits per heavy atom. The van der Waals surface area contributed by atoms with E-state index in [1.54, 1.807) is 48.5 Å². The Balaban J connectivity index is 1.78. The van der Waals surface area contributed by atoms with Crippen molar-refractivity contribution in [3.05, 3.63) is 96.1 Å². The van der Waals surface area contributed by atoms with E-state index in [2.05, 4.69) is 5.32 Å². The van der Waals surface area contributed by atoms with Gasteiger partial charge in [-0.25, -0.2) is 0 Å². The van der Waals surface area contributed by atoms with E-state index >= 15 is 0 Å². The molecule has 0 radical (unpaired) electrons. The van der Waals surface area contributed by atoms with E-state index in [1.807, 2.05) is 11.4 Å². The van der Waals surface area contributed by atoms with Gasteiger partial charge in [0.1, 0.15) is 17.4 Å². The van der Waals surface area contributed by atoms with Gasteiger partial charge < -0.3 is 20.5 Å². The molecule has 1 aliphatic heterocycles. The van der Waals surface area contributed by atoms with Gasteiger partial charge >= 0.3 is 6.18 Å². The average molecular weight is 472 g/mol. The topological polar surface area (TPSA) is 70.6 Å². The number of alkyl halides is 3. The first-order chi connectivity index (χ1) is 15.7. The molecule has 0 amide bonds. The van der Waals surface area contributed by atoms with Gasteiger partial charge in [0, 0.05) is 5.56 Å². The van der Waals surface area contributed by atoms with E-state index in [0.717, 1.165) is 0 Å². The summed E-state index contributed by atoms with van der Waals surface area (Å²) in [4.78, 5) is 13.3. The number of halogens is 3. The molecule has 33 heavy (non-hydrogen) atoms. The van der Waals surface area contributed by atoms with Crippen molar-refractivity contribution in [3.8, 4) is 11.5 Å². The number of nitrogens with one attached hydrogen (secondary N) is 2. The molecule has 0 saturated carbocycles. The van der Waals surface area contributed by atoms with Crippen LogP contribution in [-0.4, -0.2) is 27.9 Å². The Hall–Kier alpha value is -3.43. The van der Waals surface area contributed by atoms with Gasteiger partial charge in [0.05, 0.1) is 6.04 Å². The minimum Gasteiger partial charge on any atom is -0.457 e. The zero-order valence-electron chi connectivity index (χ0n) is 17.0. The fraction of sp³-hybridized carbons (Fsp3) is 0.167. The first kappa shape index (κ1) is 22.8. The number of hydrogen-bond donors (Lipinski definition) is 3. The fourth-order valence-electron chi connectivity index (χ4n) is 3.79. The molecule has 1 aliphatic rings. The second-order valence-electron chi connectivity index (χ2n) is 7.54. The first-order valence-corrected chi connectivity index (χ1v) is 10.4. The smallest absolute Gasteiger partial charge is 0.437 e. The SMILES string of the molecule is O=C(c1ccccc1)[C@H]1[C@@H](c2cccc(Oc3ccccc3)c2)NC(=S)N[C@@]1(O)C(F)(F)F. The molecule has 5 nitrogen and oxygen atoms in total. The summed E-state index contributed by atoms with van der Waals surface area (Å²) in [6.07, 6.45) is -5.19. The highest BCUT2D eigenvalue weighted by molar-refractivity contribution is 7.80. The van der Waals surface area contributed by atoms with E-state index in [-0.39, 0.29) is 5.56 Å². The Labute approximate surface area is 193 Å². The van der Waals surface area contributed by atoms with Crippen molar-refractivity contribution in [3.63, 3.8) is 0 Å². The molecular weight excluding hydrogens is 453 g/mol. The lowest BCUT2D eigenvalue weighted by molar-refractivity contribution is -0.285. The quantitative estimate of drug-likeness (QED) is 0.368. The number of aliphatic hydroxyl groups is 1. The highest BCUT2D eigenvalue weighted by Gasteiger charge is 2.65. The number of ketones is 1.